The van der Waals surface area contributed by atoms with Gasteiger partial charge in [-0.3, -0.25) is 9.78 Å². The summed E-state index contributed by atoms with van der Waals surface area (Å²) in [5, 5.41) is 3.68. The van der Waals surface area contributed by atoms with Crippen LogP contribution in [0.15, 0.2) is 78.0 Å². The van der Waals surface area contributed by atoms with E-state index < -0.39 is 22.0 Å². The average Bonchev–Trinajstić information content (AvgIpc) is 3.34. The first kappa shape index (κ1) is 24.8. The van der Waals surface area contributed by atoms with E-state index in [4.69, 9.17) is 15.2 Å². The fourth-order valence-electron chi connectivity index (χ4n) is 4.33. The molecule has 1 aliphatic heterocycles. The number of aromatic amines is 1. The number of morpholine rings is 1. The fourth-order valence-corrected chi connectivity index (χ4v) is 6.12. The van der Waals surface area contributed by atoms with Gasteiger partial charge < -0.3 is 25.5 Å². The third kappa shape index (κ3) is 5.29. The quantitative estimate of drug-likeness (QED) is 0.308. The lowest BCUT2D eigenvalue weighted by atomic mass is 10.2. The molecule has 2 aromatic heterocycles. The number of nitrogens with one attached hydrogen (secondary N) is 2. The highest BCUT2D eigenvalue weighted by Gasteiger charge is 2.36. The van der Waals surface area contributed by atoms with Crippen molar-refractivity contribution in [3.63, 3.8) is 0 Å². The summed E-state index contributed by atoms with van der Waals surface area (Å²) in [6.07, 6.45) is 2.93. The van der Waals surface area contributed by atoms with Crippen LogP contribution in [0.25, 0.3) is 10.9 Å². The number of rotatable bonds is 9. The summed E-state index contributed by atoms with van der Waals surface area (Å²) in [6.45, 7) is 1.11. The first-order chi connectivity index (χ1) is 17.9. The van der Waals surface area contributed by atoms with E-state index in [0.717, 1.165) is 5.56 Å². The number of anilines is 1. The molecule has 1 atom stereocenters. The third-order valence-corrected chi connectivity index (χ3v) is 8.09. The third-order valence-electron chi connectivity index (χ3n) is 6.14. The summed E-state index contributed by atoms with van der Waals surface area (Å²) in [7, 11) is -4.09. The lowest BCUT2D eigenvalue weighted by Gasteiger charge is -2.32. The lowest BCUT2D eigenvalue weighted by Crippen LogP contribution is -2.47. The molecule has 37 heavy (non-hydrogen) atoms. The number of primary amides is 1. The van der Waals surface area contributed by atoms with Gasteiger partial charge in [-0.05, 0) is 35.9 Å². The van der Waals surface area contributed by atoms with Crippen LogP contribution in [0.1, 0.15) is 16.1 Å². The van der Waals surface area contributed by atoms with Crippen LogP contribution in [0.3, 0.4) is 0 Å². The highest BCUT2D eigenvalue weighted by Crippen LogP contribution is 2.34. The molecule has 2 aromatic carbocycles. The molecule has 0 aliphatic carbocycles. The molecule has 3 heterocycles. The molecule has 0 radical (unpaired) electrons. The number of fused-ring (bicyclic) bond motifs is 1. The lowest BCUT2D eigenvalue weighted by molar-refractivity contribution is -0.0249. The summed E-state index contributed by atoms with van der Waals surface area (Å²) in [5.74, 6) is -0.183. The van der Waals surface area contributed by atoms with Gasteiger partial charge in [-0.25, -0.2) is 8.42 Å². The van der Waals surface area contributed by atoms with E-state index in [-0.39, 0.29) is 36.9 Å². The Balaban J connectivity index is 1.42. The Hall–Kier alpha value is -3.93. The Labute approximate surface area is 214 Å². The van der Waals surface area contributed by atoms with Crippen LogP contribution in [-0.4, -0.2) is 61.0 Å². The van der Waals surface area contributed by atoms with E-state index in [1.165, 1.54) is 4.31 Å². The minimum atomic E-state index is -4.09. The predicted molar refractivity (Wildman–Crippen MR) is 139 cm³/mol. The average molecular weight is 522 g/mol. The van der Waals surface area contributed by atoms with Crippen molar-refractivity contribution >= 4 is 32.5 Å². The van der Waals surface area contributed by atoms with Crippen molar-refractivity contribution in [2.24, 2.45) is 5.73 Å². The van der Waals surface area contributed by atoms with E-state index in [1.807, 2.05) is 48.5 Å². The molecule has 5 rings (SSSR count). The SMILES string of the molecule is NC(=O)c1[nH]c2c(NCc3ccncc3)cccc2c1S(=O)(=O)N1CCOC(COc2ccccc2)C1. The number of ether oxygens (including phenoxy) is 2. The number of para-hydroxylation sites is 2. The number of hydrogen-bond acceptors (Lipinski definition) is 7. The van der Waals surface area contributed by atoms with Crippen LogP contribution in [0.2, 0.25) is 0 Å². The fraction of sp³-hybridized carbons (Fsp3) is 0.231. The first-order valence-electron chi connectivity index (χ1n) is 11.8. The van der Waals surface area contributed by atoms with Crippen molar-refractivity contribution < 1.29 is 22.7 Å². The number of sulfonamides is 1. The second-order valence-electron chi connectivity index (χ2n) is 8.61. The van der Waals surface area contributed by atoms with Gasteiger partial charge in [0.25, 0.3) is 5.91 Å². The first-order valence-corrected chi connectivity index (χ1v) is 13.2. The number of amides is 1. The molecule has 0 spiro atoms. The maximum atomic E-state index is 13.9. The maximum Gasteiger partial charge on any atom is 0.266 e. The van der Waals surface area contributed by atoms with Gasteiger partial charge >= 0.3 is 0 Å². The highest BCUT2D eigenvalue weighted by atomic mass is 32.2. The standard InChI is InChI=1S/C26H27N5O5S/c27-26(32)24-25(21-7-4-8-22(23(21)30-24)29-15-18-9-11-28-12-10-18)37(33,34)31-13-14-35-20(16-31)17-36-19-5-2-1-3-6-19/h1-12,20,29-30H,13-17H2,(H2,27,32). The number of carbonyl (C=O) groups excluding carboxylic acids is 1. The highest BCUT2D eigenvalue weighted by molar-refractivity contribution is 7.89. The van der Waals surface area contributed by atoms with Crippen LogP contribution in [0.5, 0.6) is 5.75 Å². The van der Waals surface area contributed by atoms with Crippen molar-refractivity contribution in [1.29, 1.82) is 0 Å². The zero-order valence-corrected chi connectivity index (χ0v) is 20.8. The van der Waals surface area contributed by atoms with Crippen molar-refractivity contribution in [2.75, 3.05) is 31.6 Å². The Morgan fingerprint density at radius 2 is 1.92 bits per heavy atom. The van der Waals surface area contributed by atoms with Gasteiger partial charge in [0.15, 0.2) is 0 Å². The molecule has 1 amide bonds. The molecule has 11 heteroatoms. The van der Waals surface area contributed by atoms with E-state index >= 15 is 0 Å². The van der Waals surface area contributed by atoms with Crippen LogP contribution in [-0.2, 0) is 21.3 Å². The number of aromatic nitrogens is 2. The zero-order chi connectivity index (χ0) is 25.8. The zero-order valence-electron chi connectivity index (χ0n) is 20.0. The number of carbonyl (C=O) groups is 1. The van der Waals surface area contributed by atoms with Crippen LogP contribution in [0, 0.1) is 0 Å². The van der Waals surface area contributed by atoms with Crippen molar-refractivity contribution in [2.45, 2.75) is 17.5 Å². The Morgan fingerprint density at radius 1 is 1.14 bits per heavy atom. The van der Waals surface area contributed by atoms with Crippen LogP contribution in [0.4, 0.5) is 5.69 Å². The number of H-pyrrole nitrogens is 1. The van der Waals surface area contributed by atoms with Crippen molar-refractivity contribution in [1.82, 2.24) is 14.3 Å². The molecule has 1 fully saturated rings. The summed E-state index contributed by atoms with van der Waals surface area (Å²) < 4.78 is 40.6. The van der Waals surface area contributed by atoms with Crippen LogP contribution < -0.4 is 15.8 Å². The largest absolute Gasteiger partial charge is 0.491 e. The molecular formula is C26H27N5O5S. The molecule has 4 N–H and O–H groups in total. The summed E-state index contributed by atoms with van der Waals surface area (Å²) in [5.41, 5.74) is 7.61. The summed E-state index contributed by atoms with van der Waals surface area (Å²) >= 11 is 0. The molecule has 0 saturated carbocycles. The topological polar surface area (TPSA) is 140 Å². The van der Waals surface area contributed by atoms with Gasteiger partial charge in [0.1, 0.15) is 29.0 Å². The number of pyridine rings is 1. The second-order valence-corrected chi connectivity index (χ2v) is 10.5. The normalized spacial score (nSPS) is 16.5. The second kappa shape index (κ2) is 10.6. The molecule has 1 unspecified atom stereocenters. The van der Waals surface area contributed by atoms with Gasteiger partial charge in [0, 0.05) is 37.4 Å². The molecule has 192 valence electrons. The van der Waals surface area contributed by atoms with E-state index in [1.54, 1.807) is 24.5 Å². The van der Waals surface area contributed by atoms with Gasteiger partial charge in [-0.1, -0.05) is 30.3 Å². The van der Waals surface area contributed by atoms with E-state index in [9.17, 15) is 13.2 Å². The molecule has 1 saturated heterocycles. The summed E-state index contributed by atoms with van der Waals surface area (Å²) in [6, 6.07) is 18.2. The number of nitrogens with two attached hydrogens (primary N) is 1. The smallest absolute Gasteiger partial charge is 0.266 e. The van der Waals surface area contributed by atoms with Gasteiger partial charge in [-0.2, -0.15) is 4.31 Å². The van der Waals surface area contributed by atoms with Crippen molar-refractivity contribution in [3.05, 3.63) is 84.3 Å². The van der Waals surface area contributed by atoms with E-state index in [0.29, 0.717) is 28.9 Å². The van der Waals surface area contributed by atoms with Gasteiger partial charge in [0.2, 0.25) is 10.0 Å². The molecule has 0 bridgehead atoms. The van der Waals surface area contributed by atoms with Crippen LogP contribution >= 0.6 is 0 Å². The Bertz CT molecular complexity index is 1490. The Kier molecular flexibility index (Phi) is 7.08. The number of benzene rings is 2. The molecular weight excluding hydrogens is 494 g/mol. The number of nitrogens with zero attached hydrogens (tertiary/aromatic N) is 2. The maximum absolute atomic E-state index is 13.9. The molecule has 10 nitrogen and oxygen atoms in total. The van der Waals surface area contributed by atoms with Crippen molar-refractivity contribution in [3.8, 4) is 5.75 Å². The van der Waals surface area contributed by atoms with E-state index in [2.05, 4.69) is 15.3 Å². The van der Waals surface area contributed by atoms with Gasteiger partial charge in [0.05, 0.1) is 17.8 Å². The number of hydrogen-bond donors (Lipinski definition) is 3. The molecule has 1 aliphatic rings. The predicted octanol–water partition coefficient (Wildman–Crippen LogP) is 2.74. The van der Waals surface area contributed by atoms with Gasteiger partial charge in [-0.15, -0.1) is 0 Å². The minimum Gasteiger partial charge on any atom is -0.491 e. The monoisotopic (exact) mass is 521 g/mol. The Morgan fingerprint density at radius 3 is 2.68 bits per heavy atom. The molecule has 4 aromatic rings. The minimum absolute atomic E-state index is 0.0834. The summed E-state index contributed by atoms with van der Waals surface area (Å²) in [4.78, 5) is 19.2.